The van der Waals surface area contributed by atoms with Crippen LogP contribution in [0.25, 0.3) is 0 Å². The van der Waals surface area contributed by atoms with Gasteiger partial charge in [-0.1, -0.05) is 12.1 Å². The van der Waals surface area contributed by atoms with Gasteiger partial charge in [-0.05, 0) is 55.7 Å². The highest BCUT2D eigenvalue weighted by Crippen LogP contribution is 2.22. The number of benzene rings is 2. The third kappa shape index (κ3) is 4.52. The van der Waals surface area contributed by atoms with Gasteiger partial charge in [0.2, 0.25) is 5.91 Å². The number of para-hydroxylation sites is 1. The van der Waals surface area contributed by atoms with E-state index in [1.807, 2.05) is 0 Å². The molecule has 2 aliphatic rings. The third-order valence-electron chi connectivity index (χ3n) is 5.45. The fourth-order valence-electron chi connectivity index (χ4n) is 3.81. The first kappa shape index (κ1) is 20.1. The van der Waals surface area contributed by atoms with Gasteiger partial charge in [-0.15, -0.1) is 0 Å². The van der Waals surface area contributed by atoms with Crippen LogP contribution < -0.4 is 15.5 Å². The summed E-state index contributed by atoms with van der Waals surface area (Å²) in [4.78, 5) is 38.9. The summed E-state index contributed by atoms with van der Waals surface area (Å²) in [6.07, 6.45) is 3.42. The van der Waals surface area contributed by atoms with Crippen molar-refractivity contribution in [1.82, 2.24) is 5.32 Å². The minimum absolute atomic E-state index is 0.0525. The Kier molecular flexibility index (Phi) is 6.09. The van der Waals surface area contributed by atoms with Crippen molar-refractivity contribution in [2.45, 2.75) is 31.8 Å². The molecule has 2 heterocycles. The third-order valence-corrected chi connectivity index (χ3v) is 5.45. The zero-order valence-corrected chi connectivity index (χ0v) is 16.7. The molecule has 0 bridgehead atoms. The maximum atomic E-state index is 12.7. The van der Waals surface area contributed by atoms with E-state index in [1.54, 1.807) is 53.4 Å². The first-order valence-electron chi connectivity index (χ1n) is 10.3. The molecule has 7 nitrogen and oxygen atoms in total. The summed E-state index contributed by atoms with van der Waals surface area (Å²) >= 11 is 0. The van der Waals surface area contributed by atoms with E-state index in [2.05, 4.69) is 10.6 Å². The fourth-order valence-corrected chi connectivity index (χ4v) is 3.81. The Balaban J connectivity index is 1.41. The largest absolute Gasteiger partial charge is 0.376 e. The average Bonchev–Trinajstić information content (AvgIpc) is 3.44. The molecule has 0 spiro atoms. The number of carbonyl (C=O) groups excluding carboxylic acids is 3. The predicted octanol–water partition coefficient (Wildman–Crippen LogP) is 2.97. The average molecular weight is 407 g/mol. The Labute approximate surface area is 175 Å². The topological polar surface area (TPSA) is 87.7 Å². The first-order valence-corrected chi connectivity index (χ1v) is 10.3. The van der Waals surface area contributed by atoms with Gasteiger partial charge in [0.1, 0.15) is 0 Å². The lowest BCUT2D eigenvalue weighted by Crippen LogP contribution is -2.32. The van der Waals surface area contributed by atoms with Crippen molar-refractivity contribution in [1.29, 1.82) is 0 Å². The molecule has 1 atom stereocenters. The Morgan fingerprint density at radius 1 is 1.03 bits per heavy atom. The Bertz CT molecular complexity index is 936. The molecule has 2 aromatic rings. The number of hydrogen-bond acceptors (Lipinski definition) is 4. The number of nitrogens with zero attached hydrogens (tertiary/aromatic N) is 1. The monoisotopic (exact) mass is 407 g/mol. The summed E-state index contributed by atoms with van der Waals surface area (Å²) in [6, 6.07) is 13.9. The van der Waals surface area contributed by atoms with Gasteiger partial charge >= 0.3 is 0 Å². The highest BCUT2D eigenvalue weighted by atomic mass is 16.5. The molecule has 2 N–H and O–H groups in total. The molecule has 7 heteroatoms. The smallest absolute Gasteiger partial charge is 0.255 e. The van der Waals surface area contributed by atoms with Gasteiger partial charge in [-0.2, -0.15) is 0 Å². The molecule has 0 aliphatic carbocycles. The summed E-state index contributed by atoms with van der Waals surface area (Å²) in [5.41, 5.74) is 2.11. The van der Waals surface area contributed by atoms with Crippen LogP contribution in [-0.4, -0.2) is 43.5 Å². The number of nitrogens with one attached hydrogen (secondary N) is 2. The van der Waals surface area contributed by atoms with Crippen LogP contribution in [0.2, 0.25) is 0 Å². The quantitative estimate of drug-likeness (QED) is 0.771. The van der Waals surface area contributed by atoms with E-state index < -0.39 is 0 Å². The summed E-state index contributed by atoms with van der Waals surface area (Å²) in [5, 5.41) is 5.71. The van der Waals surface area contributed by atoms with E-state index in [0.29, 0.717) is 36.3 Å². The van der Waals surface area contributed by atoms with Crippen LogP contribution in [0.5, 0.6) is 0 Å². The highest BCUT2D eigenvalue weighted by Gasteiger charge is 2.22. The number of ether oxygens (including phenoxy) is 1. The molecule has 2 aliphatic heterocycles. The van der Waals surface area contributed by atoms with Crippen LogP contribution in [0.1, 0.15) is 46.4 Å². The van der Waals surface area contributed by atoms with E-state index in [4.69, 9.17) is 4.74 Å². The molecular formula is C23H25N3O4. The zero-order chi connectivity index (χ0) is 20.9. The maximum Gasteiger partial charge on any atom is 0.255 e. The van der Waals surface area contributed by atoms with Crippen LogP contribution >= 0.6 is 0 Å². The van der Waals surface area contributed by atoms with Gasteiger partial charge in [0.15, 0.2) is 0 Å². The maximum absolute atomic E-state index is 12.7. The molecule has 0 saturated carbocycles. The van der Waals surface area contributed by atoms with Crippen molar-refractivity contribution in [2.24, 2.45) is 0 Å². The van der Waals surface area contributed by atoms with Gasteiger partial charge in [-0.3, -0.25) is 14.4 Å². The standard InChI is InChI=1S/C23H25N3O4/c27-21-8-3-13-26(21)17-11-9-16(10-12-17)22(28)25-20-7-2-1-6-19(20)23(29)24-15-18-5-4-14-30-18/h1-2,6-7,9-12,18H,3-5,8,13-15H2,(H,24,29)(H,25,28)/t18-/m1/s1. The van der Waals surface area contributed by atoms with E-state index >= 15 is 0 Å². The molecule has 3 amide bonds. The minimum Gasteiger partial charge on any atom is -0.376 e. The summed E-state index contributed by atoms with van der Waals surface area (Å²) in [6.45, 7) is 1.90. The molecular weight excluding hydrogens is 382 g/mol. The van der Waals surface area contributed by atoms with Crippen molar-refractivity contribution in [2.75, 3.05) is 29.9 Å². The molecule has 4 rings (SSSR count). The summed E-state index contributed by atoms with van der Waals surface area (Å²) < 4.78 is 5.54. The zero-order valence-electron chi connectivity index (χ0n) is 16.7. The van der Waals surface area contributed by atoms with E-state index in [-0.39, 0.29) is 23.8 Å². The Morgan fingerprint density at radius 2 is 1.83 bits per heavy atom. The molecule has 0 unspecified atom stereocenters. The number of anilines is 2. The predicted molar refractivity (Wildman–Crippen MR) is 114 cm³/mol. The van der Waals surface area contributed by atoms with Gasteiger partial charge in [0, 0.05) is 37.4 Å². The van der Waals surface area contributed by atoms with E-state index in [0.717, 1.165) is 31.6 Å². The van der Waals surface area contributed by atoms with Crippen LogP contribution in [0.3, 0.4) is 0 Å². The van der Waals surface area contributed by atoms with Gasteiger partial charge in [-0.25, -0.2) is 0 Å². The number of amides is 3. The van der Waals surface area contributed by atoms with Crippen LogP contribution in [0, 0.1) is 0 Å². The van der Waals surface area contributed by atoms with Gasteiger partial charge in [0.25, 0.3) is 11.8 Å². The number of hydrogen-bond donors (Lipinski definition) is 2. The second kappa shape index (κ2) is 9.09. The van der Waals surface area contributed by atoms with Gasteiger partial charge < -0.3 is 20.3 Å². The second-order valence-electron chi connectivity index (χ2n) is 7.54. The Morgan fingerprint density at radius 3 is 2.53 bits per heavy atom. The molecule has 2 saturated heterocycles. The molecule has 2 aromatic carbocycles. The second-order valence-corrected chi connectivity index (χ2v) is 7.54. The Hall–Kier alpha value is -3.19. The van der Waals surface area contributed by atoms with E-state index in [9.17, 15) is 14.4 Å². The lowest BCUT2D eigenvalue weighted by atomic mass is 10.1. The van der Waals surface area contributed by atoms with Crippen LogP contribution in [0.15, 0.2) is 48.5 Å². The highest BCUT2D eigenvalue weighted by molar-refractivity contribution is 6.09. The van der Waals surface area contributed by atoms with Crippen LogP contribution in [-0.2, 0) is 9.53 Å². The normalized spacial score (nSPS) is 18.5. The SMILES string of the molecule is O=C(Nc1ccccc1C(=O)NC[C@H]1CCCO1)c1ccc(N2CCCC2=O)cc1. The molecule has 2 fully saturated rings. The first-order chi connectivity index (χ1) is 14.6. The molecule has 0 aromatic heterocycles. The lowest BCUT2D eigenvalue weighted by molar-refractivity contribution is -0.117. The van der Waals surface area contributed by atoms with Crippen molar-refractivity contribution < 1.29 is 19.1 Å². The van der Waals surface area contributed by atoms with E-state index in [1.165, 1.54) is 0 Å². The minimum atomic E-state index is -0.311. The van der Waals surface area contributed by atoms with Crippen molar-refractivity contribution in [3.05, 3.63) is 59.7 Å². The van der Waals surface area contributed by atoms with Crippen molar-refractivity contribution in [3.8, 4) is 0 Å². The lowest BCUT2D eigenvalue weighted by Gasteiger charge is -2.16. The summed E-state index contributed by atoms with van der Waals surface area (Å²) in [7, 11) is 0. The molecule has 30 heavy (non-hydrogen) atoms. The summed E-state index contributed by atoms with van der Waals surface area (Å²) in [5.74, 6) is -0.451. The fraction of sp³-hybridized carbons (Fsp3) is 0.348. The molecule has 0 radical (unpaired) electrons. The van der Waals surface area contributed by atoms with Crippen molar-refractivity contribution >= 4 is 29.1 Å². The number of carbonyl (C=O) groups is 3. The van der Waals surface area contributed by atoms with Gasteiger partial charge in [0.05, 0.1) is 17.4 Å². The molecule has 156 valence electrons. The van der Waals surface area contributed by atoms with Crippen molar-refractivity contribution in [3.63, 3.8) is 0 Å². The number of rotatable bonds is 6. The van der Waals surface area contributed by atoms with Crippen LogP contribution in [0.4, 0.5) is 11.4 Å².